The number of rotatable bonds is 8. The number of phenols is 1. The van der Waals surface area contributed by atoms with Gasteiger partial charge in [-0.25, -0.2) is 5.43 Å². The summed E-state index contributed by atoms with van der Waals surface area (Å²) in [7, 11) is 3.01. The third-order valence-electron chi connectivity index (χ3n) is 4.81. The molecule has 36 heavy (non-hydrogen) atoms. The molecule has 8 nitrogen and oxygen atoms in total. The minimum absolute atomic E-state index is 0.0215. The lowest BCUT2D eigenvalue weighted by Crippen LogP contribution is -2.32. The zero-order valence-corrected chi connectivity index (χ0v) is 23.8. The van der Waals surface area contributed by atoms with E-state index in [2.05, 4.69) is 63.6 Å². The molecular formula is C25H20Br3N3O5. The smallest absolute Gasteiger partial charge is 0.287 e. The second-order valence-electron chi connectivity index (χ2n) is 7.10. The number of amides is 2. The lowest BCUT2D eigenvalue weighted by Gasteiger charge is -2.12. The lowest BCUT2D eigenvalue weighted by atomic mass is 10.1. The fourth-order valence-corrected chi connectivity index (χ4v) is 5.30. The van der Waals surface area contributed by atoms with Crippen molar-refractivity contribution >= 4 is 71.9 Å². The molecule has 0 bridgehead atoms. The Kier molecular flexibility index (Phi) is 9.68. The van der Waals surface area contributed by atoms with E-state index in [1.165, 1.54) is 26.5 Å². The summed E-state index contributed by atoms with van der Waals surface area (Å²) in [6.45, 7) is 0. The number of carbonyl (C=O) groups excluding carboxylic acids is 2. The summed E-state index contributed by atoms with van der Waals surface area (Å²) >= 11 is 9.94. The number of benzene rings is 3. The number of hydrogen-bond acceptors (Lipinski definition) is 6. The lowest BCUT2D eigenvalue weighted by molar-refractivity contribution is -0.117. The number of ether oxygens (including phenoxy) is 2. The van der Waals surface area contributed by atoms with Crippen LogP contribution in [0.2, 0.25) is 0 Å². The summed E-state index contributed by atoms with van der Waals surface area (Å²) < 4.78 is 12.1. The molecule has 186 valence electrons. The molecule has 0 unspecified atom stereocenters. The molecule has 3 aromatic carbocycles. The standard InChI is InChI=1S/C25H20Br3N3O5/c1-35-16-8-9-21(36-2)15(10-16)11-20(30-24(33)14-6-4-3-5-7-14)25(34)31-29-13-17-18(26)12-19(27)23(32)22(17)28/h3-13,32H,1-2H3,(H,30,33)(H,31,34)/b20-11-,29-13+. The quantitative estimate of drug-likeness (QED) is 0.163. The number of aromatic hydroxyl groups is 1. The molecule has 0 heterocycles. The molecule has 0 radical (unpaired) electrons. The first-order valence-corrected chi connectivity index (χ1v) is 12.6. The topological polar surface area (TPSA) is 109 Å². The number of nitrogens with zero attached hydrogens (tertiary/aromatic N) is 1. The summed E-state index contributed by atoms with van der Waals surface area (Å²) in [5.74, 6) is -0.178. The average Bonchev–Trinajstić information content (AvgIpc) is 2.89. The van der Waals surface area contributed by atoms with Gasteiger partial charge in [0.25, 0.3) is 11.8 Å². The monoisotopic (exact) mass is 679 g/mol. The van der Waals surface area contributed by atoms with Gasteiger partial charge < -0.3 is 19.9 Å². The first kappa shape index (κ1) is 27.4. The molecule has 11 heteroatoms. The third kappa shape index (κ3) is 6.74. The fraction of sp³-hybridized carbons (Fsp3) is 0.0800. The van der Waals surface area contributed by atoms with Gasteiger partial charge in [-0.3, -0.25) is 9.59 Å². The predicted octanol–water partition coefficient (Wildman–Crippen LogP) is 5.62. The molecule has 0 aromatic heterocycles. The van der Waals surface area contributed by atoms with Crippen LogP contribution in [-0.4, -0.2) is 37.4 Å². The van der Waals surface area contributed by atoms with Crippen molar-refractivity contribution in [2.45, 2.75) is 0 Å². The van der Waals surface area contributed by atoms with Crippen LogP contribution in [0.1, 0.15) is 21.5 Å². The Morgan fingerprint density at radius 3 is 2.36 bits per heavy atom. The van der Waals surface area contributed by atoms with Crippen molar-refractivity contribution in [3.8, 4) is 17.2 Å². The van der Waals surface area contributed by atoms with E-state index in [9.17, 15) is 14.7 Å². The van der Waals surface area contributed by atoms with Gasteiger partial charge in [0.05, 0.1) is 29.4 Å². The number of hydrazone groups is 1. The number of carbonyl (C=O) groups is 2. The fourth-order valence-electron chi connectivity index (χ4n) is 2.98. The minimum atomic E-state index is -0.686. The Morgan fingerprint density at radius 1 is 0.972 bits per heavy atom. The molecule has 0 aliphatic rings. The van der Waals surface area contributed by atoms with E-state index in [1.807, 2.05) is 0 Å². The first-order chi connectivity index (χ1) is 17.2. The Hall–Kier alpha value is -3.15. The average molecular weight is 682 g/mol. The number of phenolic OH excluding ortho intramolecular Hbond substituents is 1. The van der Waals surface area contributed by atoms with Crippen LogP contribution < -0.4 is 20.2 Å². The van der Waals surface area contributed by atoms with E-state index < -0.39 is 11.8 Å². The minimum Gasteiger partial charge on any atom is -0.506 e. The van der Waals surface area contributed by atoms with E-state index >= 15 is 0 Å². The van der Waals surface area contributed by atoms with Crippen molar-refractivity contribution in [2.24, 2.45) is 5.10 Å². The van der Waals surface area contributed by atoms with Crippen LogP contribution in [0.4, 0.5) is 0 Å². The summed E-state index contributed by atoms with van der Waals surface area (Å²) in [6, 6.07) is 15.2. The molecule has 3 N–H and O–H groups in total. The van der Waals surface area contributed by atoms with Crippen molar-refractivity contribution in [3.63, 3.8) is 0 Å². The summed E-state index contributed by atoms with van der Waals surface area (Å²) in [5.41, 5.74) is 3.69. The van der Waals surface area contributed by atoms with Gasteiger partial charge in [0.2, 0.25) is 0 Å². The molecule has 0 fully saturated rings. The second kappa shape index (κ2) is 12.7. The van der Waals surface area contributed by atoms with E-state index in [-0.39, 0.29) is 11.4 Å². The van der Waals surface area contributed by atoms with E-state index in [0.29, 0.717) is 41.6 Å². The second-order valence-corrected chi connectivity index (χ2v) is 9.60. The molecule has 0 atom stereocenters. The van der Waals surface area contributed by atoms with Gasteiger partial charge in [-0.05, 0) is 74.3 Å². The van der Waals surface area contributed by atoms with Gasteiger partial charge in [-0.2, -0.15) is 5.10 Å². The van der Waals surface area contributed by atoms with Crippen LogP contribution in [0, 0.1) is 0 Å². The van der Waals surface area contributed by atoms with Crippen LogP contribution in [0.15, 0.2) is 78.8 Å². The highest BCUT2D eigenvalue weighted by molar-refractivity contribution is 9.11. The Bertz CT molecular complexity index is 1340. The van der Waals surface area contributed by atoms with Crippen molar-refractivity contribution in [3.05, 3.63) is 90.4 Å². The van der Waals surface area contributed by atoms with Crippen LogP contribution >= 0.6 is 47.8 Å². The van der Waals surface area contributed by atoms with Crippen LogP contribution in [-0.2, 0) is 4.79 Å². The maximum atomic E-state index is 13.1. The molecule has 3 rings (SSSR count). The summed E-state index contributed by atoms with van der Waals surface area (Å²) in [4.78, 5) is 25.9. The largest absolute Gasteiger partial charge is 0.506 e. The third-order valence-corrected chi connectivity index (χ3v) is 6.87. The first-order valence-electron chi connectivity index (χ1n) is 10.2. The number of methoxy groups -OCH3 is 2. The van der Waals surface area contributed by atoms with E-state index in [0.717, 1.165) is 0 Å². The number of hydrogen-bond donors (Lipinski definition) is 3. The predicted molar refractivity (Wildman–Crippen MR) is 148 cm³/mol. The summed E-state index contributed by atoms with van der Waals surface area (Å²) in [6.07, 6.45) is 2.81. The highest BCUT2D eigenvalue weighted by Crippen LogP contribution is 2.38. The maximum absolute atomic E-state index is 13.1. The van der Waals surface area contributed by atoms with Crippen molar-refractivity contribution in [2.75, 3.05) is 14.2 Å². The van der Waals surface area contributed by atoms with Crippen molar-refractivity contribution in [1.82, 2.24) is 10.7 Å². The zero-order chi connectivity index (χ0) is 26.2. The Labute approximate surface area is 232 Å². The molecule has 2 amide bonds. The van der Waals surface area contributed by atoms with Crippen LogP contribution in [0.5, 0.6) is 17.2 Å². The molecule has 0 saturated carbocycles. The molecule has 0 spiro atoms. The molecule has 0 saturated heterocycles. The van der Waals surface area contributed by atoms with Gasteiger partial charge in [-0.1, -0.05) is 34.1 Å². The molecule has 0 aliphatic carbocycles. The zero-order valence-electron chi connectivity index (χ0n) is 19.0. The SMILES string of the molecule is COc1ccc(OC)c(/C=C(\NC(=O)c2ccccc2)C(=O)N/N=C/c2c(Br)cc(Br)c(O)c2Br)c1. The Balaban J connectivity index is 1.94. The maximum Gasteiger partial charge on any atom is 0.287 e. The molecule has 3 aromatic rings. The Morgan fingerprint density at radius 2 is 1.69 bits per heavy atom. The van der Waals surface area contributed by atoms with Gasteiger partial charge in [0.15, 0.2) is 0 Å². The number of halogens is 3. The highest BCUT2D eigenvalue weighted by Gasteiger charge is 2.17. The molecular weight excluding hydrogens is 662 g/mol. The van der Waals surface area contributed by atoms with Crippen LogP contribution in [0.3, 0.4) is 0 Å². The van der Waals surface area contributed by atoms with Crippen LogP contribution in [0.25, 0.3) is 6.08 Å². The number of nitrogens with one attached hydrogen (secondary N) is 2. The van der Waals surface area contributed by atoms with Gasteiger partial charge >= 0.3 is 0 Å². The van der Waals surface area contributed by atoms with Crippen molar-refractivity contribution in [1.29, 1.82) is 0 Å². The van der Waals surface area contributed by atoms with Gasteiger partial charge in [0, 0.05) is 21.2 Å². The van der Waals surface area contributed by atoms with E-state index in [1.54, 1.807) is 54.6 Å². The van der Waals surface area contributed by atoms with Crippen molar-refractivity contribution < 1.29 is 24.2 Å². The van der Waals surface area contributed by atoms with E-state index in [4.69, 9.17) is 9.47 Å². The molecule has 0 aliphatic heterocycles. The summed E-state index contributed by atoms with van der Waals surface area (Å²) in [5, 5.41) is 16.8. The van der Waals surface area contributed by atoms with Gasteiger partial charge in [0.1, 0.15) is 22.9 Å². The van der Waals surface area contributed by atoms with Gasteiger partial charge in [-0.15, -0.1) is 0 Å². The highest BCUT2D eigenvalue weighted by atomic mass is 79.9. The normalized spacial score (nSPS) is 11.3.